The first-order chi connectivity index (χ1) is 58.3. The molecule has 0 radical (unpaired) electrons. The molecule has 0 saturated carbocycles. The van der Waals surface area contributed by atoms with Gasteiger partial charge in [0.15, 0.2) is 11.6 Å². The SMILES string of the molecule is COc1cc(C(C)(C)C)ccc1S(=O)(=O)Nc1cc(C)nn1-c1cccc2ncccc12.Cc1cc(NS(=O)(=O)c2ccc(C(C)(C)C)cc2)n(-c2ccc3ccccc3n2)n1.Cc1cc(NS(=O)(=O)c2ccc(C(C)(C)C)cc2)n(-c2ncc(C)c3ccccc23)n1.Cc1cc(NS(=O)(=O)c2ccc(C(C)(C)C)cc2C)n(-c2cccc3ncccc23)n1. The number of ether oxygens (including phenoxy) is 1. The number of nitrogens with zero attached hydrogens (tertiary/aromatic N) is 12. The summed E-state index contributed by atoms with van der Waals surface area (Å²) >= 11 is 0. The fourth-order valence-corrected chi connectivity index (χ4v) is 18.5. The lowest BCUT2D eigenvalue weighted by Crippen LogP contribution is -2.18. The molecule has 8 aromatic carbocycles. The van der Waals surface area contributed by atoms with Crippen molar-refractivity contribution in [2.45, 2.75) is 166 Å². The predicted octanol–water partition coefficient (Wildman–Crippen LogP) is 19.9. The zero-order chi connectivity index (χ0) is 89.4. The zero-order valence-corrected chi connectivity index (χ0v) is 76.1. The highest BCUT2D eigenvalue weighted by Crippen LogP contribution is 2.37. The minimum absolute atomic E-state index is 0.0484. The van der Waals surface area contributed by atoms with Gasteiger partial charge in [-0.1, -0.05) is 180 Å². The Hall–Kier alpha value is -13.0. The van der Waals surface area contributed by atoms with Gasteiger partial charge in [-0.3, -0.25) is 28.9 Å². The number of hydrogen-bond donors (Lipinski definition) is 4. The number of hydrogen-bond acceptors (Lipinski definition) is 17. The molecule has 0 spiro atoms. The summed E-state index contributed by atoms with van der Waals surface area (Å²) in [7, 11) is -13.8. The number of para-hydroxylation sites is 1. The molecule has 8 aromatic heterocycles. The summed E-state index contributed by atoms with van der Waals surface area (Å²) in [5, 5.41) is 22.7. The smallest absolute Gasteiger partial charge is 0.266 e. The number of pyridine rings is 4. The van der Waals surface area contributed by atoms with Gasteiger partial charge in [-0.05, 0) is 211 Å². The van der Waals surface area contributed by atoms with Crippen molar-refractivity contribution in [1.82, 2.24) is 59.1 Å². The Morgan fingerprint density at radius 2 is 0.710 bits per heavy atom. The summed E-state index contributed by atoms with van der Waals surface area (Å²) in [6, 6.07) is 69.8. The Labute approximate surface area is 725 Å². The normalized spacial score (nSPS) is 12.2. The molecule has 25 nitrogen and oxygen atoms in total. The molecule has 0 atom stereocenters. The quantitative estimate of drug-likeness (QED) is 0.0658. The van der Waals surface area contributed by atoms with Gasteiger partial charge in [0.05, 0.1) is 72.5 Å². The van der Waals surface area contributed by atoms with Crippen molar-refractivity contribution in [1.29, 1.82) is 0 Å². The molecule has 0 aliphatic rings. The lowest BCUT2D eigenvalue weighted by molar-refractivity contribution is 0.400. The first-order valence-corrected chi connectivity index (χ1v) is 46.1. The van der Waals surface area contributed by atoms with Crippen LogP contribution in [-0.2, 0) is 61.8 Å². The van der Waals surface area contributed by atoms with Crippen LogP contribution in [0.5, 0.6) is 5.75 Å². The van der Waals surface area contributed by atoms with E-state index in [1.54, 1.807) is 99.4 Å². The number of aryl methyl sites for hydroxylation is 6. The molecular formula is C95H102N16O9S4. The Kier molecular flexibility index (Phi) is 24.9. The molecule has 8 heterocycles. The third kappa shape index (κ3) is 19.9. The molecule has 640 valence electrons. The first kappa shape index (κ1) is 88.8. The number of aromatic nitrogens is 12. The van der Waals surface area contributed by atoms with Gasteiger partial charge >= 0.3 is 0 Å². The number of rotatable bonds is 17. The van der Waals surface area contributed by atoms with E-state index in [0.717, 1.165) is 82.7 Å². The standard InChI is InChI=1S/C24H26N4O3S.2C24H26N4O2S.C23H24N4O2S/c1-16-14-23(28(26-16)20-10-6-9-19-18(20)8-7-13-25-19)27-32(29,30)22-12-11-17(24(2,3)4)15-21(22)31-5;1-16-14-18(24(3,4)5)11-12-22(16)31(29,30)27-23-15-17(2)26-28(23)21-10-6-9-20-19(21)8-7-13-25-20;1-16-15-25-23(21-9-7-6-8-20(16)21)28-22(14-17(2)26-28)27-31(29,30)19-12-10-18(11-13-19)24(3,4)5;1-16-15-22(26-30(28,29)19-12-10-18(11-13-19)23(2,3)4)27(25-16)21-14-9-17-7-5-6-8-20(17)24-21/h6-15,27H,1-5H3;2*6-15,27H,1-5H3;5-15,26H,1-4H3. The van der Waals surface area contributed by atoms with Crippen molar-refractivity contribution >= 4 is 107 Å². The van der Waals surface area contributed by atoms with E-state index in [2.05, 4.69) is 142 Å². The topological polar surface area (TPSA) is 317 Å². The molecular weight excluding hydrogens is 1640 g/mol. The largest absolute Gasteiger partial charge is 0.495 e. The van der Waals surface area contributed by atoms with E-state index >= 15 is 0 Å². The van der Waals surface area contributed by atoms with E-state index < -0.39 is 40.1 Å². The second kappa shape index (κ2) is 34.7. The van der Waals surface area contributed by atoms with Gasteiger partial charge in [0.1, 0.15) is 33.9 Å². The van der Waals surface area contributed by atoms with Crippen LogP contribution in [-0.4, -0.2) is 99.8 Å². The minimum atomic E-state index is -3.94. The van der Waals surface area contributed by atoms with Crippen molar-refractivity contribution in [3.63, 3.8) is 0 Å². The van der Waals surface area contributed by atoms with Gasteiger partial charge in [-0.25, -0.2) is 53.0 Å². The molecule has 0 saturated heterocycles. The molecule has 16 rings (SSSR count). The molecule has 29 heteroatoms. The zero-order valence-electron chi connectivity index (χ0n) is 72.8. The number of benzene rings is 8. The Morgan fingerprint density at radius 3 is 1.19 bits per heavy atom. The van der Waals surface area contributed by atoms with E-state index in [1.165, 1.54) is 11.8 Å². The number of methoxy groups -OCH3 is 1. The van der Waals surface area contributed by atoms with Gasteiger partial charge in [-0.15, -0.1) is 0 Å². The Morgan fingerprint density at radius 1 is 0.323 bits per heavy atom. The Balaban J connectivity index is 0.000000142. The maximum atomic E-state index is 13.4. The van der Waals surface area contributed by atoms with Gasteiger partial charge in [0, 0.05) is 64.4 Å². The van der Waals surface area contributed by atoms with Gasteiger partial charge in [0.25, 0.3) is 40.1 Å². The molecule has 4 N–H and O–H groups in total. The number of anilines is 4. The van der Waals surface area contributed by atoms with Crippen LogP contribution in [0.1, 0.15) is 139 Å². The molecule has 0 aliphatic heterocycles. The maximum absolute atomic E-state index is 13.4. The third-order valence-corrected chi connectivity index (χ3v) is 26.3. The van der Waals surface area contributed by atoms with Crippen LogP contribution in [0.3, 0.4) is 0 Å². The second-order valence-electron chi connectivity index (χ2n) is 34.5. The molecule has 0 aliphatic carbocycles. The molecule has 0 bridgehead atoms. The van der Waals surface area contributed by atoms with Crippen molar-refractivity contribution in [2.75, 3.05) is 26.0 Å². The number of nitrogens with one attached hydrogen (secondary N) is 4. The molecule has 0 fully saturated rings. The van der Waals surface area contributed by atoms with Crippen LogP contribution in [0.4, 0.5) is 23.3 Å². The second-order valence-corrected chi connectivity index (χ2v) is 41.2. The number of sulfonamides is 4. The van der Waals surface area contributed by atoms with Crippen molar-refractivity contribution < 1.29 is 38.4 Å². The summed E-state index contributed by atoms with van der Waals surface area (Å²) in [6.45, 7) is 36.2. The van der Waals surface area contributed by atoms with Gasteiger partial charge < -0.3 is 4.74 Å². The average molecular weight is 1740 g/mol. The molecule has 0 amide bonds. The fraction of sp³-hybridized carbons (Fsp3) is 0.242. The average Bonchev–Trinajstić information content (AvgIpc) is 1.44. The van der Waals surface area contributed by atoms with E-state index in [-0.39, 0.29) is 41.2 Å². The van der Waals surface area contributed by atoms with E-state index in [9.17, 15) is 33.7 Å². The van der Waals surface area contributed by atoms with Crippen LogP contribution in [0.15, 0.2) is 269 Å². The van der Waals surface area contributed by atoms with E-state index in [0.29, 0.717) is 69.0 Å². The van der Waals surface area contributed by atoms with E-state index in [4.69, 9.17) is 4.74 Å². The summed E-state index contributed by atoms with van der Waals surface area (Å²) < 4.78 is 128. The highest BCUT2D eigenvalue weighted by Gasteiger charge is 2.29. The summed E-state index contributed by atoms with van der Waals surface area (Å²) in [5.74, 6) is 2.82. The molecule has 16 aromatic rings. The van der Waals surface area contributed by atoms with E-state index in [1.807, 2.05) is 205 Å². The van der Waals surface area contributed by atoms with Crippen LogP contribution in [0, 0.1) is 41.5 Å². The predicted molar refractivity (Wildman–Crippen MR) is 494 cm³/mol. The highest BCUT2D eigenvalue weighted by atomic mass is 32.2. The summed E-state index contributed by atoms with van der Waals surface area (Å²) in [4.78, 5) is 18.7. The summed E-state index contributed by atoms with van der Waals surface area (Å²) in [5.41, 5.74) is 12.4. The molecule has 124 heavy (non-hydrogen) atoms. The van der Waals surface area contributed by atoms with Crippen molar-refractivity contribution in [3.8, 4) is 28.8 Å². The minimum Gasteiger partial charge on any atom is -0.495 e. The first-order valence-electron chi connectivity index (χ1n) is 40.1. The maximum Gasteiger partial charge on any atom is 0.266 e. The summed E-state index contributed by atoms with van der Waals surface area (Å²) in [6.07, 6.45) is 5.23. The van der Waals surface area contributed by atoms with Crippen molar-refractivity contribution in [3.05, 3.63) is 305 Å². The van der Waals surface area contributed by atoms with Crippen LogP contribution in [0.25, 0.3) is 66.5 Å². The van der Waals surface area contributed by atoms with Gasteiger partial charge in [0.2, 0.25) is 0 Å². The fourth-order valence-electron chi connectivity index (χ4n) is 14.0. The van der Waals surface area contributed by atoms with Crippen LogP contribution in [0.2, 0.25) is 0 Å². The highest BCUT2D eigenvalue weighted by molar-refractivity contribution is 7.93. The van der Waals surface area contributed by atoms with Gasteiger partial charge in [-0.2, -0.15) is 29.8 Å². The van der Waals surface area contributed by atoms with Crippen molar-refractivity contribution in [2.24, 2.45) is 0 Å². The Bertz CT molecular complexity index is 7170. The third-order valence-electron chi connectivity index (χ3n) is 20.7. The number of fused-ring (bicyclic) bond motifs is 4. The molecule has 0 unspecified atom stereocenters. The lowest BCUT2D eigenvalue weighted by Gasteiger charge is -2.21. The van der Waals surface area contributed by atoms with Crippen LogP contribution < -0.4 is 23.6 Å². The lowest BCUT2D eigenvalue weighted by atomic mass is 9.86. The monoisotopic (exact) mass is 1740 g/mol. The van der Waals surface area contributed by atoms with Crippen LogP contribution >= 0.6 is 0 Å².